The summed E-state index contributed by atoms with van der Waals surface area (Å²) < 4.78 is 1.69. The number of aromatic nitrogens is 3. The first-order valence-electron chi connectivity index (χ1n) is 5.34. The molecule has 2 N–H and O–H groups in total. The number of hydrogen-bond donors (Lipinski definition) is 2. The number of hydrogen-bond acceptors (Lipinski definition) is 4. The Hall–Kier alpha value is -0.750. The van der Waals surface area contributed by atoms with Crippen molar-refractivity contribution in [3.63, 3.8) is 0 Å². The second-order valence-corrected chi connectivity index (χ2v) is 4.89. The van der Waals surface area contributed by atoms with Crippen LogP contribution >= 0.6 is 11.8 Å². The third-order valence-corrected chi connectivity index (χ3v) is 3.92. The van der Waals surface area contributed by atoms with E-state index in [-0.39, 0.29) is 5.69 Å². The smallest absolute Gasteiger partial charge is 0.317 e. The molecule has 84 valence electrons. The van der Waals surface area contributed by atoms with Gasteiger partial charge < -0.3 is 5.32 Å². The minimum Gasteiger partial charge on any atom is -0.317 e. The number of thioether (sulfide) groups is 1. The van der Waals surface area contributed by atoms with Crippen LogP contribution in [0.25, 0.3) is 0 Å². The Morgan fingerprint density at radius 1 is 1.53 bits per heavy atom. The fraction of sp³-hybridized carbons (Fsp3) is 0.778. The first-order valence-corrected chi connectivity index (χ1v) is 6.21. The van der Waals surface area contributed by atoms with E-state index in [0.717, 1.165) is 31.1 Å². The molecule has 6 heteroatoms. The fourth-order valence-electron chi connectivity index (χ4n) is 1.73. The lowest BCUT2D eigenvalue weighted by atomic mass is 10.2. The molecule has 0 bridgehead atoms. The Morgan fingerprint density at radius 3 is 2.93 bits per heavy atom. The number of nitrogens with zero attached hydrogens (tertiary/aromatic N) is 2. The molecule has 1 saturated heterocycles. The van der Waals surface area contributed by atoms with Crippen molar-refractivity contribution in [3.8, 4) is 0 Å². The molecule has 0 saturated carbocycles. The second-order valence-electron chi connectivity index (χ2n) is 3.62. The molecule has 0 unspecified atom stereocenters. The van der Waals surface area contributed by atoms with Gasteiger partial charge in [-0.15, -0.1) is 5.10 Å². The van der Waals surface area contributed by atoms with E-state index in [1.54, 1.807) is 16.3 Å². The summed E-state index contributed by atoms with van der Waals surface area (Å²) in [7, 11) is 0. The number of H-pyrrole nitrogens is 1. The fourth-order valence-corrected chi connectivity index (χ4v) is 2.94. The Morgan fingerprint density at radius 2 is 2.27 bits per heavy atom. The molecule has 2 rings (SSSR count). The second kappa shape index (κ2) is 4.85. The Bertz CT molecular complexity index is 366. The van der Waals surface area contributed by atoms with Crippen LogP contribution < -0.4 is 11.0 Å². The maximum atomic E-state index is 11.3. The summed E-state index contributed by atoms with van der Waals surface area (Å²) in [5.41, 5.74) is -0.103. The minimum atomic E-state index is -0.103. The molecule has 0 atom stereocenters. The first kappa shape index (κ1) is 10.8. The zero-order chi connectivity index (χ0) is 10.7. The van der Waals surface area contributed by atoms with Gasteiger partial charge in [0, 0.05) is 11.8 Å². The summed E-state index contributed by atoms with van der Waals surface area (Å²) in [5.74, 6) is 0. The van der Waals surface area contributed by atoms with Crippen LogP contribution in [0, 0.1) is 0 Å². The zero-order valence-electron chi connectivity index (χ0n) is 8.82. The summed E-state index contributed by atoms with van der Waals surface area (Å²) in [6, 6.07) is 0. The summed E-state index contributed by atoms with van der Waals surface area (Å²) in [6.07, 6.45) is 2.30. The molecule has 1 aromatic rings. The normalized spacial score (nSPS) is 18.2. The zero-order valence-corrected chi connectivity index (χ0v) is 9.64. The Kier molecular flexibility index (Phi) is 3.48. The highest BCUT2D eigenvalue weighted by Crippen LogP contribution is 2.25. The number of aromatic amines is 1. The van der Waals surface area contributed by atoms with Gasteiger partial charge in [-0.1, -0.05) is 11.8 Å². The van der Waals surface area contributed by atoms with Crippen molar-refractivity contribution >= 4 is 11.8 Å². The lowest BCUT2D eigenvalue weighted by Gasteiger charge is -2.21. The largest absolute Gasteiger partial charge is 0.343 e. The van der Waals surface area contributed by atoms with Gasteiger partial charge in [0.15, 0.2) is 5.16 Å². The van der Waals surface area contributed by atoms with Crippen molar-refractivity contribution in [2.45, 2.75) is 36.7 Å². The maximum absolute atomic E-state index is 11.3. The molecule has 1 fully saturated rings. The maximum Gasteiger partial charge on any atom is 0.343 e. The molecule has 5 nitrogen and oxygen atoms in total. The molecule has 1 aromatic heterocycles. The van der Waals surface area contributed by atoms with Crippen molar-refractivity contribution in [2.75, 3.05) is 13.1 Å². The molecule has 0 amide bonds. The molecular formula is C9H16N4OS. The van der Waals surface area contributed by atoms with Crippen molar-refractivity contribution in [2.24, 2.45) is 0 Å². The SMILES string of the molecule is CCn1c(SC2CCNCC2)n[nH]c1=O. The predicted octanol–water partition coefficient (Wildman–Crippen LogP) is 0.435. The van der Waals surface area contributed by atoms with E-state index in [4.69, 9.17) is 0 Å². The number of nitrogens with one attached hydrogen (secondary N) is 2. The van der Waals surface area contributed by atoms with E-state index in [2.05, 4.69) is 15.5 Å². The van der Waals surface area contributed by atoms with E-state index in [0.29, 0.717) is 11.8 Å². The standard InChI is InChI=1S/C9H16N4OS/c1-2-13-8(14)11-12-9(13)15-7-3-5-10-6-4-7/h7,10H,2-6H2,1H3,(H,11,14). The summed E-state index contributed by atoms with van der Waals surface area (Å²) in [4.78, 5) is 11.3. The van der Waals surface area contributed by atoms with Gasteiger partial charge in [0.25, 0.3) is 0 Å². The van der Waals surface area contributed by atoms with Gasteiger partial charge in [0.1, 0.15) is 0 Å². The van der Waals surface area contributed by atoms with Crippen LogP contribution in [0.3, 0.4) is 0 Å². The average Bonchev–Trinajstić information content (AvgIpc) is 2.61. The van der Waals surface area contributed by atoms with E-state index in [9.17, 15) is 4.79 Å². The monoisotopic (exact) mass is 228 g/mol. The lowest BCUT2D eigenvalue weighted by molar-refractivity contribution is 0.529. The van der Waals surface area contributed by atoms with Crippen LogP contribution in [-0.2, 0) is 6.54 Å². The third kappa shape index (κ3) is 2.43. The van der Waals surface area contributed by atoms with E-state index in [1.807, 2.05) is 6.92 Å². The molecule has 15 heavy (non-hydrogen) atoms. The van der Waals surface area contributed by atoms with E-state index >= 15 is 0 Å². The molecule has 1 aliphatic rings. The van der Waals surface area contributed by atoms with Crippen LogP contribution in [0.1, 0.15) is 19.8 Å². The molecule has 0 aromatic carbocycles. The van der Waals surface area contributed by atoms with Crippen molar-refractivity contribution < 1.29 is 0 Å². The predicted molar refractivity (Wildman–Crippen MR) is 60.3 cm³/mol. The highest BCUT2D eigenvalue weighted by atomic mass is 32.2. The third-order valence-electron chi connectivity index (χ3n) is 2.60. The summed E-state index contributed by atoms with van der Waals surface area (Å²) in [5, 5.41) is 11.3. The van der Waals surface area contributed by atoms with Crippen LogP contribution in [-0.4, -0.2) is 33.1 Å². The number of piperidine rings is 1. The van der Waals surface area contributed by atoms with Gasteiger partial charge in [-0.3, -0.25) is 4.57 Å². The first-order chi connectivity index (χ1) is 7.31. The van der Waals surface area contributed by atoms with Crippen LogP contribution in [0.15, 0.2) is 9.95 Å². The summed E-state index contributed by atoms with van der Waals surface area (Å²) in [6.45, 7) is 4.78. The van der Waals surface area contributed by atoms with Crippen molar-refractivity contribution in [1.82, 2.24) is 20.1 Å². The Balaban J connectivity index is 2.06. The van der Waals surface area contributed by atoms with Gasteiger partial charge in [-0.05, 0) is 32.9 Å². The molecule has 2 heterocycles. The van der Waals surface area contributed by atoms with Gasteiger partial charge >= 0.3 is 5.69 Å². The molecular weight excluding hydrogens is 212 g/mol. The van der Waals surface area contributed by atoms with E-state index in [1.165, 1.54) is 0 Å². The molecule has 0 spiro atoms. The average molecular weight is 228 g/mol. The van der Waals surface area contributed by atoms with Crippen LogP contribution in [0.4, 0.5) is 0 Å². The topological polar surface area (TPSA) is 62.7 Å². The van der Waals surface area contributed by atoms with Gasteiger partial charge in [0.2, 0.25) is 0 Å². The van der Waals surface area contributed by atoms with Crippen LogP contribution in [0.5, 0.6) is 0 Å². The van der Waals surface area contributed by atoms with E-state index < -0.39 is 0 Å². The van der Waals surface area contributed by atoms with Crippen molar-refractivity contribution in [1.29, 1.82) is 0 Å². The Labute approximate surface area is 92.6 Å². The molecule has 0 aliphatic carbocycles. The lowest BCUT2D eigenvalue weighted by Crippen LogP contribution is -2.29. The molecule has 0 radical (unpaired) electrons. The highest BCUT2D eigenvalue weighted by molar-refractivity contribution is 7.99. The summed E-state index contributed by atoms with van der Waals surface area (Å²) >= 11 is 1.72. The van der Waals surface area contributed by atoms with Gasteiger partial charge in [-0.25, -0.2) is 9.89 Å². The van der Waals surface area contributed by atoms with Gasteiger partial charge in [0.05, 0.1) is 0 Å². The van der Waals surface area contributed by atoms with Crippen LogP contribution in [0.2, 0.25) is 0 Å². The molecule has 1 aliphatic heterocycles. The highest BCUT2D eigenvalue weighted by Gasteiger charge is 2.17. The van der Waals surface area contributed by atoms with Gasteiger partial charge in [-0.2, -0.15) is 0 Å². The van der Waals surface area contributed by atoms with Crippen molar-refractivity contribution in [3.05, 3.63) is 10.5 Å². The quantitative estimate of drug-likeness (QED) is 0.788. The minimum absolute atomic E-state index is 0.103. The number of rotatable bonds is 3.